The zero-order valence-corrected chi connectivity index (χ0v) is 22.7. The standard InChI is InChI=1S/C30H35ClN2O2S/c1-3-4-18-32-30(35)28(19-24-11-6-5-7-12-24)33(20-25-14-16-27(31)17-15-25)29(34)22-36-21-26-13-9-8-10-23(26)2/h5-17,28H,3-4,18-22H2,1-2H3,(H,32,35)/t28-/m0/s1. The summed E-state index contributed by atoms with van der Waals surface area (Å²) in [7, 11) is 0. The highest BCUT2D eigenvalue weighted by Crippen LogP contribution is 2.20. The first-order valence-electron chi connectivity index (χ1n) is 12.5. The number of benzene rings is 3. The van der Waals surface area contributed by atoms with E-state index in [1.54, 1.807) is 16.7 Å². The molecule has 3 aromatic carbocycles. The Morgan fingerprint density at radius 3 is 2.33 bits per heavy atom. The van der Waals surface area contributed by atoms with Gasteiger partial charge >= 0.3 is 0 Å². The van der Waals surface area contributed by atoms with Gasteiger partial charge in [-0.1, -0.05) is 91.7 Å². The Balaban J connectivity index is 1.83. The van der Waals surface area contributed by atoms with Crippen LogP contribution >= 0.6 is 23.4 Å². The third kappa shape index (κ3) is 8.72. The molecular formula is C30H35ClN2O2S. The van der Waals surface area contributed by atoms with Crippen molar-refractivity contribution in [3.8, 4) is 0 Å². The van der Waals surface area contributed by atoms with E-state index in [1.807, 2.05) is 66.7 Å². The van der Waals surface area contributed by atoms with E-state index in [2.05, 4.69) is 31.3 Å². The molecule has 0 radical (unpaired) electrons. The molecule has 0 aromatic heterocycles. The second-order valence-corrected chi connectivity index (χ2v) is 10.3. The summed E-state index contributed by atoms with van der Waals surface area (Å²) in [6, 6.07) is 25.0. The molecule has 0 aliphatic heterocycles. The van der Waals surface area contributed by atoms with E-state index in [1.165, 1.54) is 11.1 Å². The zero-order valence-electron chi connectivity index (χ0n) is 21.1. The molecule has 3 rings (SSSR count). The van der Waals surface area contributed by atoms with Crippen molar-refractivity contribution >= 4 is 35.2 Å². The average molecular weight is 523 g/mol. The smallest absolute Gasteiger partial charge is 0.243 e. The van der Waals surface area contributed by atoms with Crippen molar-refractivity contribution in [3.63, 3.8) is 0 Å². The average Bonchev–Trinajstić information content (AvgIpc) is 2.89. The van der Waals surface area contributed by atoms with Crippen molar-refractivity contribution in [2.24, 2.45) is 0 Å². The second kappa shape index (κ2) is 14.7. The second-order valence-electron chi connectivity index (χ2n) is 8.92. The van der Waals surface area contributed by atoms with Gasteiger partial charge in [-0.05, 0) is 47.7 Å². The van der Waals surface area contributed by atoms with Gasteiger partial charge in [0.15, 0.2) is 0 Å². The number of thioether (sulfide) groups is 1. The molecule has 0 bridgehead atoms. The lowest BCUT2D eigenvalue weighted by molar-refractivity contribution is -0.139. The van der Waals surface area contributed by atoms with Gasteiger partial charge in [-0.15, -0.1) is 11.8 Å². The maximum Gasteiger partial charge on any atom is 0.243 e. The van der Waals surface area contributed by atoms with Gasteiger partial charge in [0.05, 0.1) is 5.75 Å². The van der Waals surface area contributed by atoms with Gasteiger partial charge in [-0.3, -0.25) is 9.59 Å². The van der Waals surface area contributed by atoms with Crippen LogP contribution in [0.5, 0.6) is 0 Å². The molecule has 0 unspecified atom stereocenters. The van der Waals surface area contributed by atoms with E-state index in [4.69, 9.17) is 11.6 Å². The van der Waals surface area contributed by atoms with E-state index >= 15 is 0 Å². The third-order valence-electron chi connectivity index (χ3n) is 6.11. The maximum atomic E-state index is 13.7. The number of amides is 2. The summed E-state index contributed by atoms with van der Waals surface area (Å²) in [4.78, 5) is 28.8. The van der Waals surface area contributed by atoms with Crippen molar-refractivity contribution in [1.82, 2.24) is 10.2 Å². The molecule has 1 atom stereocenters. The molecule has 0 fully saturated rings. The van der Waals surface area contributed by atoms with Crippen LogP contribution < -0.4 is 5.32 Å². The largest absolute Gasteiger partial charge is 0.354 e. The number of carbonyl (C=O) groups excluding carboxylic acids is 2. The number of nitrogens with one attached hydrogen (secondary N) is 1. The van der Waals surface area contributed by atoms with E-state index < -0.39 is 6.04 Å². The first kappa shape index (κ1) is 27.8. The molecule has 0 aliphatic rings. The van der Waals surface area contributed by atoms with E-state index in [9.17, 15) is 9.59 Å². The fourth-order valence-electron chi connectivity index (χ4n) is 3.95. The van der Waals surface area contributed by atoms with E-state index in [0.717, 1.165) is 29.7 Å². The van der Waals surface area contributed by atoms with Crippen molar-refractivity contribution < 1.29 is 9.59 Å². The lowest BCUT2D eigenvalue weighted by Gasteiger charge is -2.31. The number of nitrogens with zero attached hydrogens (tertiary/aromatic N) is 1. The summed E-state index contributed by atoms with van der Waals surface area (Å²) < 4.78 is 0. The van der Waals surface area contributed by atoms with Gasteiger partial charge in [0.25, 0.3) is 0 Å². The van der Waals surface area contributed by atoms with Crippen molar-refractivity contribution in [2.75, 3.05) is 12.3 Å². The summed E-state index contributed by atoms with van der Waals surface area (Å²) in [6.45, 7) is 5.13. The highest BCUT2D eigenvalue weighted by atomic mass is 35.5. The number of unbranched alkanes of at least 4 members (excludes halogenated alkanes) is 1. The normalized spacial score (nSPS) is 11.6. The number of hydrogen-bond donors (Lipinski definition) is 1. The minimum Gasteiger partial charge on any atom is -0.354 e. The third-order valence-corrected chi connectivity index (χ3v) is 7.33. The van der Waals surface area contributed by atoms with Gasteiger partial charge in [0, 0.05) is 30.3 Å². The van der Waals surface area contributed by atoms with Crippen LogP contribution in [0.1, 0.15) is 42.0 Å². The lowest BCUT2D eigenvalue weighted by Crippen LogP contribution is -2.51. The maximum absolute atomic E-state index is 13.7. The van der Waals surface area contributed by atoms with Crippen molar-refractivity contribution in [3.05, 3.63) is 106 Å². The summed E-state index contributed by atoms with van der Waals surface area (Å²) in [5, 5.41) is 3.71. The monoisotopic (exact) mass is 522 g/mol. The zero-order chi connectivity index (χ0) is 25.8. The first-order chi connectivity index (χ1) is 17.5. The highest BCUT2D eigenvalue weighted by Gasteiger charge is 2.30. The Bertz CT molecular complexity index is 1110. The molecule has 0 saturated carbocycles. The number of hydrogen-bond acceptors (Lipinski definition) is 3. The number of carbonyl (C=O) groups is 2. The van der Waals surface area contributed by atoms with Gasteiger partial charge < -0.3 is 10.2 Å². The first-order valence-corrected chi connectivity index (χ1v) is 14.0. The van der Waals surface area contributed by atoms with Gasteiger partial charge in [-0.25, -0.2) is 0 Å². The Labute approximate surface area is 224 Å². The molecule has 0 aliphatic carbocycles. The summed E-state index contributed by atoms with van der Waals surface area (Å²) >= 11 is 7.68. The van der Waals surface area contributed by atoms with Crippen LogP contribution in [0.15, 0.2) is 78.9 Å². The van der Waals surface area contributed by atoms with Crippen LogP contribution in [0, 0.1) is 6.92 Å². The number of rotatable bonds is 13. The molecule has 36 heavy (non-hydrogen) atoms. The van der Waals surface area contributed by atoms with Crippen LogP contribution in [0.2, 0.25) is 5.02 Å². The lowest BCUT2D eigenvalue weighted by atomic mass is 10.0. The molecule has 0 heterocycles. The van der Waals surface area contributed by atoms with E-state index in [-0.39, 0.29) is 11.8 Å². The molecular weight excluding hydrogens is 488 g/mol. The van der Waals surface area contributed by atoms with Crippen LogP contribution in [0.3, 0.4) is 0 Å². The Kier molecular flexibility index (Phi) is 11.4. The van der Waals surface area contributed by atoms with Crippen molar-refractivity contribution in [1.29, 1.82) is 0 Å². The molecule has 6 heteroatoms. The molecule has 190 valence electrons. The fourth-order valence-corrected chi connectivity index (χ4v) is 5.06. The van der Waals surface area contributed by atoms with Crippen molar-refractivity contribution in [2.45, 2.75) is 51.4 Å². The number of aryl methyl sites for hydroxylation is 1. The SMILES string of the molecule is CCCCNC(=O)[C@H](Cc1ccccc1)N(Cc1ccc(Cl)cc1)C(=O)CSCc1ccccc1C. The van der Waals surface area contributed by atoms with Crippen LogP contribution in [-0.4, -0.2) is 35.1 Å². The van der Waals surface area contributed by atoms with Crippen LogP contribution in [-0.2, 0) is 28.3 Å². The summed E-state index contributed by atoms with van der Waals surface area (Å²) in [6.07, 6.45) is 2.36. The van der Waals surface area contributed by atoms with Crippen LogP contribution in [0.25, 0.3) is 0 Å². The molecule has 1 N–H and O–H groups in total. The fraction of sp³-hybridized carbons (Fsp3) is 0.333. The molecule has 0 spiro atoms. The van der Waals surface area contributed by atoms with Gasteiger partial charge in [0.2, 0.25) is 11.8 Å². The Morgan fingerprint density at radius 2 is 1.64 bits per heavy atom. The Morgan fingerprint density at radius 1 is 0.944 bits per heavy atom. The quantitative estimate of drug-likeness (QED) is 0.263. The van der Waals surface area contributed by atoms with Gasteiger partial charge in [-0.2, -0.15) is 0 Å². The predicted octanol–water partition coefficient (Wildman–Crippen LogP) is 6.44. The predicted molar refractivity (Wildman–Crippen MR) is 151 cm³/mol. The molecule has 4 nitrogen and oxygen atoms in total. The van der Waals surface area contributed by atoms with Gasteiger partial charge in [0.1, 0.15) is 6.04 Å². The topological polar surface area (TPSA) is 49.4 Å². The molecule has 3 aromatic rings. The Hall–Kier alpha value is -2.76. The molecule has 0 saturated heterocycles. The summed E-state index contributed by atoms with van der Waals surface area (Å²) in [5.41, 5.74) is 4.40. The highest BCUT2D eigenvalue weighted by molar-refractivity contribution is 7.99. The minimum atomic E-state index is -0.605. The van der Waals surface area contributed by atoms with Crippen LogP contribution in [0.4, 0.5) is 0 Å². The summed E-state index contributed by atoms with van der Waals surface area (Å²) in [5.74, 6) is 0.892. The molecule has 2 amide bonds. The number of halogens is 1. The minimum absolute atomic E-state index is 0.0462. The van der Waals surface area contributed by atoms with E-state index in [0.29, 0.717) is 30.3 Å².